The summed E-state index contributed by atoms with van der Waals surface area (Å²) in [7, 11) is 0. The maximum atomic E-state index is 10.3. The highest BCUT2D eigenvalue weighted by Crippen LogP contribution is 2.26. The van der Waals surface area contributed by atoms with Gasteiger partial charge >= 0.3 is 0 Å². The lowest BCUT2D eigenvalue weighted by Crippen LogP contribution is -2.13. The van der Waals surface area contributed by atoms with E-state index >= 15 is 0 Å². The molecule has 0 saturated heterocycles. The Balaban J connectivity index is 2.13. The molecule has 2 N–H and O–H groups in total. The molecule has 2 heterocycles. The summed E-state index contributed by atoms with van der Waals surface area (Å²) in [5, 5.41) is 22.6. The topological polar surface area (TPSA) is 83.5 Å². The van der Waals surface area contributed by atoms with Crippen molar-refractivity contribution in [2.24, 2.45) is 5.16 Å². The van der Waals surface area contributed by atoms with Crippen LogP contribution in [0.1, 0.15) is 36.7 Å². The molecular formula is C14H16N4O2. The number of hydrogen-bond donors (Lipinski definition) is 2. The zero-order chi connectivity index (χ0) is 14.1. The van der Waals surface area contributed by atoms with E-state index in [-0.39, 0.29) is 0 Å². The number of pyridine rings is 1. The van der Waals surface area contributed by atoms with Gasteiger partial charge in [-0.05, 0) is 43.4 Å². The molecule has 6 heteroatoms. The fourth-order valence-corrected chi connectivity index (χ4v) is 2.52. The Kier molecular flexibility index (Phi) is 3.14. The molecule has 20 heavy (non-hydrogen) atoms. The van der Waals surface area contributed by atoms with Gasteiger partial charge in [0.15, 0.2) is 5.82 Å². The summed E-state index contributed by atoms with van der Waals surface area (Å²) in [5.41, 5.74) is 3.53. The zero-order valence-corrected chi connectivity index (χ0v) is 11.2. The van der Waals surface area contributed by atoms with Crippen LogP contribution in [0.2, 0.25) is 0 Å². The standard InChI is InChI=1S/C14H16N4O2/c1-2-9-6-7-15-11(8-9)14-16-13-10(17-19)4-3-5-12(13)18(14)20/h6-8,19-20H,2-5H2,1H3. The molecule has 0 atom stereocenters. The lowest BCUT2D eigenvalue weighted by molar-refractivity contribution is 0.180. The van der Waals surface area contributed by atoms with Gasteiger partial charge in [0, 0.05) is 6.20 Å². The molecule has 0 fully saturated rings. The Labute approximate surface area is 116 Å². The molecule has 0 radical (unpaired) electrons. The van der Waals surface area contributed by atoms with E-state index in [1.807, 2.05) is 12.1 Å². The first kappa shape index (κ1) is 12.7. The number of hydrogen-bond acceptors (Lipinski definition) is 5. The third kappa shape index (κ3) is 1.93. The van der Waals surface area contributed by atoms with Gasteiger partial charge in [-0.3, -0.25) is 4.98 Å². The fourth-order valence-electron chi connectivity index (χ4n) is 2.52. The second-order valence-corrected chi connectivity index (χ2v) is 4.85. The molecule has 0 bridgehead atoms. The Morgan fingerprint density at radius 3 is 3.00 bits per heavy atom. The van der Waals surface area contributed by atoms with Crippen molar-refractivity contribution in [2.75, 3.05) is 0 Å². The van der Waals surface area contributed by atoms with E-state index in [0.29, 0.717) is 41.5 Å². The third-order valence-electron chi connectivity index (χ3n) is 3.63. The van der Waals surface area contributed by atoms with Crippen molar-refractivity contribution in [3.8, 4) is 11.5 Å². The number of aromatic nitrogens is 3. The summed E-state index contributed by atoms with van der Waals surface area (Å²) in [6, 6.07) is 3.85. The van der Waals surface area contributed by atoms with Gasteiger partial charge in [0.05, 0.1) is 5.69 Å². The van der Waals surface area contributed by atoms with Crippen molar-refractivity contribution in [1.29, 1.82) is 0 Å². The fraction of sp³-hybridized carbons (Fsp3) is 0.357. The summed E-state index contributed by atoms with van der Waals surface area (Å²) in [6.07, 6.45) is 4.82. The molecule has 0 amide bonds. The lowest BCUT2D eigenvalue weighted by atomic mass is 9.99. The van der Waals surface area contributed by atoms with Gasteiger partial charge in [-0.1, -0.05) is 12.1 Å². The molecule has 0 spiro atoms. The molecule has 6 nitrogen and oxygen atoms in total. The van der Waals surface area contributed by atoms with E-state index in [2.05, 4.69) is 22.0 Å². The smallest absolute Gasteiger partial charge is 0.194 e. The average Bonchev–Trinajstić information content (AvgIpc) is 2.84. The predicted octanol–water partition coefficient (Wildman–Crippen LogP) is 2.26. The lowest BCUT2D eigenvalue weighted by Gasteiger charge is -2.11. The van der Waals surface area contributed by atoms with Crippen LogP contribution < -0.4 is 0 Å². The van der Waals surface area contributed by atoms with E-state index in [1.54, 1.807) is 6.20 Å². The molecule has 2 aromatic rings. The highest BCUT2D eigenvalue weighted by Gasteiger charge is 2.26. The normalized spacial score (nSPS) is 16.4. The molecular weight excluding hydrogens is 256 g/mol. The molecule has 1 aliphatic carbocycles. The first-order valence-corrected chi connectivity index (χ1v) is 6.72. The van der Waals surface area contributed by atoms with Crippen LogP contribution in [0.5, 0.6) is 0 Å². The van der Waals surface area contributed by atoms with Crippen molar-refractivity contribution in [1.82, 2.24) is 14.7 Å². The number of nitrogens with zero attached hydrogens (tertiary/aromatic N) is 4. The van der Waals surface area contributed by atoms with Gasteiger partial charge in [-0.15, -0.1) is 0 Å². The van der Waals surface area contributed by atoms with Crippen LogP contribution in [0.3, 0.4) is 0 Å². The van der Waals surface area contributed by atoms with Crippen molar-refractivity contribution >= 4 is 5.71 Å². The van der Waals surface area contributed by atoms with Gasteiger partial charge in [0.1, 0.15) is 17.1 Å². The largest absolute Gasteiger partial charge is 0.427 e. The maximum absolute atomic E-state index is 10.3. The zero-order valence-electron chi connectivity index (χ0n) is 11.2. The number of fused-ring (bicyclic) bond motifs is 1. The first-order valence-electron chi connectivity index (χ1n) is 6.72. The maximum Gasteiger partial charge on any atom is 0.194 e. The quantitative estimate of drug-likeness (QED) is 0.499. The summed E-state index contributed by atoms with van der Waals surface area (Å²) < 4.78 is 1.07. The Morgan fingerprint density at radius 2 is 2.25 bits per heavy atom. The van der Waals surface area contributed by atoms with Crippen LogP contribution in [-0.2, 0) is 12.8 Å². The summed E-state index contributed by atoms with van der Waals surface area (Å²) in [4.78, 5) is 8.67. The van der Waals surface area contributed by atoms with Crippen molar-refractivity contribution < 1.29 is 10.4 Å². The molecule has 0 saturated carbocycles. The Hall–Kier alpha value is -2.37. The number of oxime groups is 1. The van der Waals surface area contributed by atoms with Crippen molar-refractivity contribution in [3.63, 3.8) is 0 Å². The highest BCUT2D eigenvalue weighted by atomic mass is 16.5. The summed E-state index contributed by atoms with van der Waals surface area (Å²) in [6.45, 7) is 2.06. The van der Waals surface area contributed by atoms with Gasteiger partial charge in [-0.2, -0.15) is 4.73 Å². The van der Waals surface area contributed by atoms with E-state index in [9.17, 15) is 5.21 Å². The van der Waals surface area contributed by atoms with Crippen molar-refractivity contribution in [3.05, 3.63) is 35.3 Å². The second kappa shape index (κ2) is 4.96. The molecule has 0 unspecified atom stereocenters. The number of imidazole rings is 1. The molecule has 0 aromatic carbocycles. The predicted molar refractivity (Wildman–Crippen MR) is 73.3 cm³/mol. The van der Waals surface area contributed by atoms with Crippen LogP contribution in [0.4, 0.5) is 0 Å². The van der Waals surface area contributed by atoms with E-state index < -0.39 is 0 Å². The molecule has 3 rings (SSSR count). The second-order valence-electron chi connectivity index (χ2n) is 4.85. The minimum Gasteiger partial charge on any atom is -0.427 e. The number of rotatable bonds is 2. The van der Waals surface area contributed by atoms with Gasteiger partial charge in [0.25, 0.3) is 0 Å². The minimum atomic E-state index is 0.397. The van der Waals surface area contributed by atoms with Crippen LogP contribution in [0.25, 0.3) is 11.5 Å². The van der Waals surface area contributed by atoms with Gasteiger partial charge < -0.3 is 10.4 Å². The summed E-state index contributed by atoms with van der Waals surface area (Å²) in [5.74, 6) is 0.397. The van der Waals surface area contributed by atoms with E-state index in [4.69, 9.17) is 5.21 Å². The van der Waals surface area contributed by atoms with Crippen molar-refractivity contribution in [2.45, 2.75) is 32.6 Å². The van der Waals surface area contributed by atoms with E-state index in [0.717, 1.165) is 23.1 Å². The SMILES string of the molecule is CCc1ccnc(-c2nc3c(n2O)CCCC3=NO)c1. The summed E-state index contributed by atoms with van der Waals surface area (Å²) >= 11 is 0. The molecule has 2 aromatic heterocycles. The average molecular weight is 272 g/mol. The Morgan fingerprint density at radius 1 is 1.40 bits per heavy atom. The van der Waals surface area contributed by atoms with Gasteiger partial charge in [-0.25, -0.2) is 4.98 Å². The van der Waals surface area contributed by atoms with Gasteiger partial charge in [0.2, 0.25) is 0 Å². The minimum absolute atomic E-state index is 0.397. The van der Waals surface area contributed by atoms with Crippen LogP contribution in [-0.4, -0.2) is 30.8 Å². The first-order chi connectivity index (χ1) is 9.74. The van der Waals surface area contributed by atoms with Crippen LogP contribution in [0.15, 0.2) is 23.5 Å². The number of aryl methyl sites for hydroxylation is 1. The molecule has 0 aliphatic heterocycles. The molecule has 1 aliphatic rings. The monoisotopic (exact) mass is 272 g/mol. The van der Waals surface area contributed by atoms with Crippen LogP contribution in [0, 0.1) is 0 Å². The highest BCUT2D eigenvalue weighted by molar-refractivity contribution is 6.00. The third-order valence-corrected chi connectivity index (χ3v) is 3.63. The Bertz CT molecular complexity index is 676. The molecule has 104 valence electrons. The van der Waals surface area contributed by atoms with Crippen LogP contribution >= 0.6 is 0 Å². The van der Waals surface area contributed by atoms with E-state index in [1.165, 1.54) is 0 Å².